The first kappa shape index (κ1) is 6.15. The lowest BCUT2D eigenvalue weighted by Crippen LogP contribution is -1.96. The van der Waals surface area contributed by atoms with Gasteiger partial charge in [-0.05, 0) is 6.07 Å². The number of fused-ring (bicyclic) bond motifs is 1. The van der Waals surface area contributed by atoms with Crippen LogP contribution in [0.4, 0.5) is 5.82 Å². The number of hydrogen-bond acceptors (Lipinski definition) is 3. The molecule has 0 bridgehead atoms. The predicted molar refractivity (Wildman–Crippen MR) is 42.5 cm³/mol. The quantitative estimate of drug-likeness (QED) is 0.649. The van der Waals surface area contributed by atoms with Crippen LogP contribution < -0.4 is 5.32 Å². The molecule has 2 heterocycles. The highest BCUT2D eigenvalue weighted by Crippen LogP contribution is 2.06. The van der Waals surface area contributed by atoms with E-state index >= 15 is 0 Å². The van der Waals surface area contributed by atoms with Gasteiger partial charge in [-0.1, -0.05) is 0 Å². The molecule has 0 radical (unpaired) electrons. The Morgan fingerprint density at radius 3 is 3.27 bits per heavy atom. The summed E-state index contributed by atoms with van der Waals surface area (Å²) in [4.78, 5) is 8.08. The Labute approximate surface area is 63.9 Å². The van der Waals surface area contributed by atoms with E-state index in [1.165, 1.54) is 0 Å². The Balaban J connectivity index is 2.79. The minimum Gasteiger partial charge on any atom is -0.374 e. The molecule has 4 heteroatoms. The molecule has 0 fully saturated rings. The van der Waals surface area contributed by atoms with Crippen LogP contribution in [-0.4, -0.2) is 21.4 Å². The van der Waals surface area contributed by atoms with Crippen molar-refractivity contribution in [2.45, 2.75) is 0 Å². The van der Waals surface area contributed by atoms with Gasteiger partial charge in [-0.3, -0.25) is 4.40 Å². The molecule has 2 aromatic heterocycles. The molecule has 0 spiro atoms. The van der Waals surface area contributed by atoms with Crippen LogP contribution in [0.5, 0.6) is 0 Å². The third kappa shape index (κ3) is 0.832. The molecule has 0 unspecified atom stereocenters. The van der Waals surface area contributed by atoms with Gasteiger partial charge in [-0.2, -0.15) is 0 Å². The Morgan fingerprint density at radius 2 is 2.45 bits per heavy atom. The van der Waals surface area contributed by atoms with Gasteiger partial charge in [-0.25, -0.2) is 9.97 Å². The Hall–Kier alpha value is -1.58. The van der Waals surface area contributed by atoms with Crippen molar-refractivity contribution in [3.05, 3.63) is 24.8 Å². The normalized spacial score (nSPS) is 10.3. The molecule has 2 rings (SSSR count). The topological polar surface area (TPSA) is 42.2 Å². The van der Waals surface area contributed by atoms with Crippen LogP contribution in [-0.2, 0) is 0 Å². The highest BCUT2D eigenvalue weighted by atomic mass is 15.1. The van der Waals surface area contributed by atoms with E-state index < -0.39 is 0 Å². The Morgan fingerprint density at radius 1 is 1.55 bits per heavy atom. The molecule has 0 aliphatic heterocycles. The molecule has 56 valence electrons. The summed E-state index contributed by atoms with van der Waals surface area (Å²) < 4.78 is 1.89. The van der Waals surface area contributed by atoms with Crippen molar-refractivity contribution >= 4 is 11.5 Å². The SMILES string of the molecule is CNc1ccnc2cncn12. The zero-order chi connectivity index (χ0) is 7.68. The number of rotatable bonds is 1. The zero-order valence-corrected chi connectivity index (χ0v) is 6.15. The van der Waals surface area contributed by atoms with Crippen LogP contribution in [0, 0.1) is 0 Å². The van der Waals surface area contributed by atoms with Crippen molar-refractivity contribution in [1.82, 2.24) is 14.4 Å². The van der Waals surface area contributed by atoms with Crippen molar-refractivity contribution in [3.63, 3.8) is 0 Å². The minimum atomic E-state index is 0.858. The van der Waals surface area contributed by atoms with E-state index in [2.05, 4.69) is 15.3 Å². The van der Waals surface area contributed by atoms with Crippen molar-refractivity contribution in [2.24, 2.45) is 0 Å². The second-order valence-electron chi connectivity index (χ2n) is 2.20. The molecule has 11 heavy (non-hydrogen) atoms. The maximum absolute atomic E-state index is 4.11. The van der Waals surface area contributed by atoms with E-state index in [9.17, 15) is 0 Å². The van der Waals surface area contributed by atoms with Crippen molar-refractivity contribution in [3.8, 4) is 0 Å². The molecule has 2 aromatic rings. The molecule has 0 saturated carbocycles. The minimum absolute atomic E-state index is 0.858. The van der Waals surface area contributed by atoms with Gasteiger partial charge >= 0.3 is 0 Å². The fraction of sp³-hybridized carbons (Fsp3) is 0.143. The summed E-state index contributed by atoms with van der Waals surface area (Å²) >= 11 is 0. The first-order valence-corrected chi connectivity index (χ1v) is 3.36. The molecule has 0 atom stereocenters. The molecule has 0 aliphatic rings. The van der Waals surface area contributed by atoms with Gasteiger partial charge in [0.05, 0.1) is 6.20 Å². The lowest BCUT2D eigenvalue weighted by molar-refractivity contribution is 1.10. The van der Waals surface area contributed by atoms with Gasteiger partial charge in [0.2, 0.25) is 0 Å². The highest BCUT2D eigenvalue weighted by molar-refractivity contribution is 5.46. The van der Waals surface area contributed by atoms with E-state index in [0.29, 0.717) is 0 Å². The summed E-state index contributed by atoms with van der Waals surface area (Å²) in [5.74, 6) is 0.993. The molecule has 1 N–H and O–H groups in total. The van der Waals surface area contributed by atoms with Gasteiger partial charge in [0.1, 0.15) is 12.1 Å². The van der Waals surface area contributed by atoms with E-state index in [-0.39, 0.29) is 0 Å². The summed E-state index contributed by atoms with van der Waals surface area (Å²) in [7, 11) is 1.87. The summed E-state index contributed by atoms with van der Waals surface area (Å²) in [6, 6.07) is 1.90. The third-order valence-corrected chi connectivity index (χ3v) is 1.57. The van der Waals surface area contributed by atoms with Crippen LogP contribution in [0.25, 0.3) is 5.65 Å². The largest absolute Gasteiger partial charge is 0.374 e. The van der Waals surface area contributed by atoms with Crippen LogP contribution in [0.1, 0.15) is 0 Å². The fourth-order valence-corrected chi connectivity index (χ4v) is 1.04. The van der Waals surface area contributed by atoms with Crippen molar-refractivity contribution in [2.75, 3.05) is 12.4 Å². The summed E-state index contributed by atoms with van der Waals surface area (Å²) in [5.41, 5.74) is 0.858. The van der Waals surface area contributed by atoms with Gasteiger partial charge in [0.25, 0.3) is 0 Å². The van der Waals surface area contributed by atoms with E-state index in [1.54, 1.807) is 18.7 Å². The highest BCUT2D eigenvalue weighted by Gasteiger charge is 1.96. The first-order chi connectivity index (χ1) is 5.42. The molecule has 4 nitrogen and oxygen atoms in total. The molecule has 0 aromatic carbocycles. The van der Waals surface area contributed by atoms with Gasteiger partial charge in [-0.15, -0.1) is 0 Å². The maximum Gasteiger partial charge on any atom is 0.157 e. The predicted octanol–water partition coefficient (Wildman–Crippen LogP) is 0.771. The van der Waals surface area contributed by atoms with E-state index in [1.807, 2.05) is 17.5 Å². The summed E-state index contributed by atoms with van der Waals surface area (Å²) in [5, 5.41) is 3.04. The molecular weight excluding hydrogens is 140 g/mol. The lowest BCUT2D eigenvalue weighted by Gasteiger charge is -2.01. The van der Waals surface area contributed by atoms with E-state index in [0.717, 1.165) is 11.5 Å². The average molecular weight is 148 g/mol. The number of anilines is 1. The van der Waals surface area contributed by atoms with Crippen LogP contribution in [0.3, 0.4) is 0 Å². The Bertz CT molecular complexity index is 365. The average Bonchev–Trinajstić information content (AvgIpc) is 2.50. The second-order valence-corrected chi connectivity index (χ2v) is 2.20. The lowest BCUT2D eigenvalue weighted by atomic mass is 10.5. The van der Waals surface area contributed by atoms with Crippen molar-refractivity contribution in [1.29, 1.82) is 0 Å². The van der Waals surface area contributed by atoms with Gasteiger partial charge < -0.3 is 5.32 Å². The number of nitrogens with one attached hydrogen (secondary N) is 1. The fourth-order valence-electron chi connectivity index (χ4n) is 1.04. The third-order valence-electron chi connectivity index (χ3n) is 1.57. The second kappa shape index (κ2) is 2.23. The van der Waals surface area contributed by atoms with Gasteiger partial charge in [0.15, 0.2) is 5.65 Å². The summed E-state index contributed by atoms with van der Waals surface area (Å²) in [6.07, 6.45) is 5.21. The van der Waals surface area contributed by atoms with Crippen molar-refractivity contribution < 1.29 is 0 Å². The molecular formula is C7H8N4. The van der Waals surface area contributed by atoms with Gasteiger partial charge in [0, 0.05) is 13.2 Å². The summed E-state index contributed by atoms with van der Waals surface area (Å²) in [6.45, 7) is 0. The maximum atomic E-state index is 4.11. The smallest absolute Gasteiger partial charge is 0.157 e. The molecule has 0 amide bonds. The first-order valence-electron chi connectivity index (χ1n) is 3.36. The number of aromatic nitrogens is 3. The molecule has 0 saturated heterocycles. The number of imidazole rings is 1. The zero-order valence-electron chi connectivity index (χ0n) is 6.15. The standard InChI is InChI=1S/C7H8N4/c1-8-6-2-3-10-7-4-9-5-11(6)7/h2-5,8H,1H3. The van der Waals surface area contributed by atoms with E-state index in [4.69, 9.17) is 0 Å². The monoisotopic (exact) mass is 148 g/mol. The van der Waals surface area contributed by atoms with Crippen LogP contribution in [0.15, 0.2) is 24.8 Å². The number of hydrogen-bond donors (Lipinski definition) is 1. The number of nitrogens with zero attached hydrogens (tertiary/aromatic N) is 3. The van der Waals surface area contributed by atoms with Crippen LogP contribution in [0.2, 0.25) is 0 Å². The van der Waals surface area contributed by atoms with Crippen LogP contribution >= 0.6 is 0 Å². The Kier molecular flexibility index (Phi) is 1.25. The molecule has 0 aliphatic carbocycles.